The average Bonchev–Trinajstić information content (AvgIpc) is 2.92. The van der Waals surface area contributed by atoms with E-state index in [1.165, 1.54) is 0 Å². The lowest BCUT2D eigenvalue weighted by atomic mass is 10.1. The second kappa shape index (κ2) is 7.26. The van der Waals surface area contributed by atoms with Gasteiger partial charge in [0.05, 0.1) is 11.5 Å². The first-order chi connectivity index (χ1) is 12.6. The van der Waals surface area contributed by atoms with Crippen molar-refractivity contribution < 1.29 is 13.2 Å². The molecule has 1 aliphatic rings. The summed E-state index contributed by atoms with van der Waals surface area (Å²) in [7, 11) is -1.24. The number of nitrogens with zero attached hydrogens (tertiary/aromatic N) is 3. The molecule has 1 fully saturated rings. The number of anilines is 2. The van der Waals surface area contributed by atoms with Gasteiger partial charge in [0.25, 0.3) is 5.91 Å². The summed E-state index contributed by atoms with van der Waals surface area (Å²) in [6.07, 6.45) is 0.542. The maximum absolute atomic E-state index is 12.7. The van der Waals surface area contributed by atoms with Crippen LogP contribution in [0.1, 0.15) is 33.7 Å². The Morgan fingerprint density at radius 1 is 1.11 bits per heavy atom. The summed E-state index contributed by atoms with van der Waals surface area (Å²) in [5.41, 5.74) is 3.74. The van der Waals surface area contributed by atoms with Gasteiger partial charge in [0, 0.05) is 24.5 Å². The Morgan fingerprint density at radius 2 is 1.78 bits per heavy atom. The first-order valence-electron chi connectivity index (χ1n) is 8.81. The minimum absolute atomic E-state index is 0.0882. The maximum Gasteiger partial charge on any atom is 0.274 e. The molecule has 1 aromatic carbocycles. The van der Waals surface area contributed by atoms with Gasteiger partial charge >= 0.3 is 0 Å². The monoisotopic (exact) mass is 388 g/mol. The van der Waals surface area contributed by atoms with E-state index < -0.39 is 9.84 Å². The molecular formula is C19H24N4O3S. The highest BCUT2D eigenvalue weighted by Gasteiger charge is 2.32. The first-order valence-corrected chi connectivity index (χ1v) is 10.6. The predicted molar refractivity (Wildman–Crippen MR) is 106 cm³/mol. The molecule has 144 valence electrons. The molecule has 0 radical (unpaired) electrons. The lowest BCUT2D eigenvalue weighted by molar-refractivity contribution is 0.102. The molecule has 2 heterocycles. The van der Waals surface area contributed by atoms with Crippen molar-refractivity contribution in [2.45, 2.75) is 33.2 Å². The summed E-state index contributed by atoms with van der Waals surface area (Å²) in [4.78, 5) is 23.2. The maximum atomic E-state index is 12.7. The van der Waals surface area contributed by atoms with Gasteiger partial charge in [-0.05, 0) is 56.5 Å². The lowest BCUT2D eigenvalue weighted by Crippen LogP contribution is -2.34. The topological polar surface area (TPSA) is 92.3 Å². The summed E-state index contributed by atoms with van der Waals surface area (Å²) in [5.74, 6) is 0.306. The average molecular weight is 388 g/mol. The molecule has 0 bridgehead atoms. The molecule has 8 heteroatoms. The number of hydrogen-bond acceptors (Lipinski definition) is 6. The van der Waals surface area contributed by atoms with Crippen molar-refractivity contribution in [3.63, 3.8) is 0 Å². The zero-order valence-electron chi connectivity index (χ0n) is 16.0. The molecule has 1 aromatic heterocycles. The second-order valence-corrected chi connectivity index (χ2v) is 9.42. The van der Waals surface area contributed by atoms with Crippen LogP contribution in [-0.2, 0) is 9.84 Å². The second-order valence-electron chi connectivity index (χ2n) is 7.19. The number of carbonyl (C=O) groups is 1. The van der Waals surface area contributed by atoms with E-state index in [1.807, 2.05) is 32.0 Å². The van der Waals surface area contributed by atoms with Crippen molar-refractivity contribution >= 4 is 27.4 Å². The molecule has 2 aromatic rings. The van der Waals surface area contributed by atoms with Gasteiger partial charge in [0.2, 0.25) is 5.95 Å². The number of amides is 1. The first kappa shape index (κ1) is 19.3. The van der Waals surface area contributed by atoms with Crippen molar-refractivity contribution in [1.82, 2.24) is 9.97 Å². The van der Waals surface area contributed by atoms with Crippen molar-refractivity contribution in [3.05, 3.63) is 46.8 Å². The van der Waals surface area contributed by atoms with Crippen LogP contribution < -0.4 is 10.2 Å². The molecule has 1 aliphatic heterocycles. The van der Waals surface area contributed by atoms with E-state index in [0.717, 1.165) is 11.1 Å². The molecule has 7 nitrogen and oxygen atoms in total. The third-order valence-electron chi connectivity index (χ3n) is 4.63. The lowest BCUT2D eigenvalue weighted by Gasteiger charge is -2.23. The molecule has 0 saturated carbocycles. The van der Waals surface area contributed by atoms with Crippen LogP contribution >= 0.6 is 0 Å². The SMILES string of the molecule is Cc1cc(C)cc(NC(=O)c2cc(C)nc(N(C)C3CCS(=O)(=O)C3)n2)c1. The number of rotatable bonds is 4. The van der Waals surface area contributed by atoms with Crippen LogP contribution in [0.3, 0.4) is 0 Å². The Hall–Kier alpha value is -2.48. The Bertz CT molecular complexity index is 968. The van der Waals surface area contributed by atoms with Gasteiger partial charge in [-0.25, -0.2) is 18.4 Å². The zero-order valence-corrected chi connectivity index (χ0v) is 16.8. The van der Waals surface area contributed by atoms with E-state index in [4.69, 9.17) is 0 Å². The molecule has 1 amide bonds. The van der Waals surface area contributed by atoms with E-state index >= 15 is 0 Å². The van der Waals surface area contributed by atoms with Gasteiger partial charge in [-0.1, -0.05) is 6.07 Å². The number of sulfone groups is 1. The molecule has 0 spiro atoms. The molecule has 1 N–H and O–H groups in total. The summed E-state index contributed by atoms with van der Waals surface area (Å²) >= 11 is 0. The standard InChI is InChI=1S/C19H24N4O3S/c1-12-7-13(2)9-15(8-12)21-18(24)17-10-14(3)20-19(22-17)23(4)16-5-6-27(25,26)11-16/h7-10,16H,5-6,11H2,1-4H3,(H,21,24). The highest BCUT2D eigenvalue weighted by molar-refractivity contribution is 7.91. The van der Waals surface area contributed by atoms with E-state index in [1.54, 1.807) is 24.9 Å². The van der Waals surface area contributed by atoms with E-state index in [2.05, 4.69) is 15.3 Å². The van der Waals surface area contributed by atoms with Gasteiger partial charge in [-0.15, -0.1) is 0 Å². The summed E-state index contributed by atoms with van der Waals surface area (Å²) in [5, 5.41) is 2.87. The van der Waals surface area contributed by atoms with Crippen LogP contribution in [0.4, 0.5) is 11.6 Å². The fraction of sp³-hybridized carbons (Fsp3) is 0.421. The van der Waals surface area contributed by atoms with Crippen LogP contribution in [0.5, 0.6) is 0 Å². The number of hydrogen-bond donors (Lipinski definition) is 1. The normalized spacial score (nSPS) is 18.3. The van der Waals surface area contributed by atoms with Gasteiger partial charge < -0.3 is 10.2 Å². The Balaban J connectivity index is 1.83. The van der Waals surface area contributed by atoms with Gasteiger partial charge in [0.15, 0.2) is 9.84 Å². The Labute approximate surface area is 159 Å². The van der Waals surface area contributed by atoms with E-state index in [-0.39, 0.29) is 29.1 Å². The minimum Gasteiger partial charge on any atom is -0.340 e. The minimum atomic E-state index is -3.01. The fourth-order valence-electron chi connectivity index (χ4n) is 3.31. The predicted octanol–water partition coefficient (Wildman–Crippen LogP) is 2.28. The summed E-state index contributed by atoms with van der Waals surface area (Å²) in [6.45, 7) is 5.73. The van der Waals surface area contributed by atoms with Crippen LogP contribution in [0, 0.1) is 20.8 Å². The number of carbonyl (C=O) groups excluding carboxylic acids is 1. The third-order valence-corrected chi connectivity index (χ3v) is 6.38. The van der Waals surface area contributed by atoms with E-state index in [0.29, 0.717) is 23.8 Å². The highest BCUT2D eigenvalue weighted by Crippen LogP contribution is 2.21. The van der Waals surface area contributed by atoms with Gasteiger partial charge in [-0.2, -0.15) is 0 Å². The van der Waals surface area contributed by atoms with Crippen LogP contribution in [0.25, 0.3) is 0 Å². The molecule has 27 heavy (non-hydrogen) atoms. The molecule has 3 rings (SSSR count). The zero-order chi connectivity index (χ0) is 19.8. The molecule has 0 aliphatic carbocycles. The Kier molecular flexibility index (Phi) is 5.19. The number of aryl methyl sites for hydroxylation is 3. The molecular weight excluding hydrogens is 364 g/mol. The van der Waals surface area contributed by atoms with Crippen molar-refractivity contribution in [1.29, 1.82) is 0 Å². The van der Waals surface area contributed by atoms with Crippen molar-refractivity contribution in [2.24, 2.45) is 0 Å². The molecule has 1 unspecified atom stereocenters. The third kappa shape index (κ3) is 4.63. The van der Waals surface area contributed by atoms with Gasteiger partial charge in [0.1, 0.15) is 5.69 Å². The smallest absolute Gasteiger partial charge is 0.274 e. The van der Waals surface area contributed by atoms with Crippen LogP contribution in [0.2, 0.25) is 0 Å². The van der Waals surface area contributed by atoms with Crippen molar-refractivity contribution in [3.8, 4) is 0 Å². The highest BCUT2D eigenvalue weighted by atomic mass is 32.2. The largest absolute Gasteiger partial charge is 0.340 e. The summed E-state index contributed by atoms with van der Waals surface area (Å²) in [6, 6.07) is 7.28. The fourth-order valence-corrected chi connectivity index (χ4v) is 5.09. The molecule has 1 saturated heterocycles. The number of benzene rings is 1. The number of nitrogens with one attached hydrogen (secondary N) is 1. The van der Waals surface area contributed by atoms with Crippen LogP contribution in [-0.4, -0.2) is 48.9 Å². The quantitative estimate of drug-likeness (QED) is 0.864. The van der Waals surface area contributed by atoms with Gasteiger partial charge in [-0.3, -0.25) is 4.79 Å². The van der Waals surface area contributed by atoms with Crippen LogP contribution in [0.15, 0.2) is 24.3 Å². The van der Waals surface area contributed by atoms with Crippen molar-refractivity contribution in [2.75, 3.05) is 28.8 Å². The Morgan fingerprint density at radius 3 is 2.37 bits per heavy atom. The van der Waals surface area contributed by atoms with E-state index in [9.17, 15) is 13.2 Å². The molecule has 1 atom stereocenters. The summed E-state index contributed by atoms with van der Waals surface area (Å²) < 4.78 is 23.5. The number of aromatic nitrogens is 2.